The summed E-state index contributed by atoms with van der Waals surface area (Å²) in [6.45, 7) is 0.235. The van der Waals surface area contributed by atoms with Gasteiger partial charge in [0.15, 0.2) is 6.10 Å². The molecule has 7 nitrogen and oxygen atoms in total. The number of likely N-dealkylation sites (N-methyl/N-ethyl adjacent to an activating group) is 1. The van der Waals surface area contributed by atoms with Gasteiger partial charge in [-0.05, 0) is 6.07 Å². The number of likely N-dealkylation sites (tertiary alicyclic amines) is 1. The maximum Gasteiger partial charge on any atom is 0.270 e. The number of non-ortho nitro benzene ring substituents is 1. The molecule has 19 heavy (non-hydrogen) atoms. The van der Waals surface area contributed by atoms with E-state index in [0.717, 1.165) is 0 Å². The van der Waals surface area contributed by atoms with Gasteiger partial charge in [0.2, 0.25) is 0 Å². The summed E-state index contributed by atoms with van der Waals surface area (Å²) in [6, 6.07) is 3.95. The highest BCUT2D eigenvalue weighted by Crippen LogP contribution is 2.27. The summed E-state index contributed by atoms with van der Waals surface area (Å²) in [6.07, 6.45) is -0.0197. The molecule has 0 radical (unpaired) electrons. The Hall–Kier alpha value is -2.15. The van der Waals surface area contributed by atoms with E-state index in [9.17, 15) is 20.0 Å². The zero-order valence-corrected chi connectivity index (χ0v) is 10.4. The highest BCUT2D eigenvalue weighted by molar-refractivity contribution is 5.83. The highest BCUT2D eigenvalue weighted by Gasteiger charge is 2.31. The molecule has 1 aliphatic heterocycles. The molecule has 1 saturated heterocycles. The molecule has 1 aliphatic rings. The van der Waals surface area contributed by atoms with Crippen LogP contribution in [-0.4, -0.2) is 40.5 Å². The minimum atomic E-state index is -0.586. The number of aliphatic hydroxyl groups is 1. The number of nitro groups is 1. The van der Waals surface area contributed by atoms with Gasteiger partial charge in [0.05, 0.1) is 11.5 Å². The molecule has 1 heterocycles. The molecule has 2 rings (SSSR count). The van der Waals surface area contributed by atoms with Gasteiger partial charge in [0, 0.05) is 37.7 Å². The normalized spacial score (nSPS) is 18.7. The minimum Gasteiger partial charge on any atom is -0.480 e. The molecule has 0 spiro atoms. The van der Waals surface area contributed by atoms with E-state index in [1.807, 2.05) is 0 Å². The van der Waals surface area contributed by atoms with Crippen molar-refractivity contribution >= 4 is 11.6 Å². The van der Waals surface area contributed by atoms with Crippen molar-refractivity contribution in [3.05, 3.63) is 33.9 Å². The third kappa shape index (κ3) is 2.65. The second-order valence-corrected chi connectivity index (χ2v) is 4.36. The van der Waals surface area contributed by atoms with Crippen molar-refractivity contribution in [3.8, 4) is 5.75 Å². The molecule has 1 aromatic carbocycles. The lowest BCUT2D eigenvalue weighted by Crippen LogP contribution is -2.29. The largest absolute Gasteiger partial charge is 0.480 e. The number of carbonyl (C=O) groups is 1. The van der Waals surface area contributed by atoms with Crippen molar-refractivity contribution in [1.29, 1.82) is 0 Å². The number of ether oxygens (including phenoxy) is 1. The lowest BCUT2D eigenvalue weighted by Gasteiger charge is -2.15. The van der Waals surface area contributed by atoms with Gasteiger partial charge in [-0.3, -0.25) is 14.9 Å². The van der Waals surface area contributed by atoms with Crippen molar-refractivity contribution in [2.24, 2.45) is 0 Å². The SMILES string of the molecule is CN1CCC(Oc2ccc([N+](=O)[O-])cc2CO)C1=O. The van der Waals surface area contributed by atoms with Gasteiger partial charge in [-0.25, -0.2) is 0 Å². The van der Waals surface area contributed by atoms with Gasteiger partial charge in [-0.1, -0.05) is 0 Å². The van der Waals surface area contributed by atoms with Crippen LogP contribution in [-0.2, 0) is 11.4 Å². The Balaban J connectivity index is 2.21. The number of amides is 1. The number of carbonyl (C=O) groups excluding carboxylic acids is 1. The van der Waals surface area contributed by atoms with Crippen LogP contribution in [0.15, 0.2) is 18.2 Å². The molecule has 0 aliphatic carbocycles. The first-order valence-electron chi connectivity index (χ1n) is 5.82. The Morgan fingerprint density at radius 1 is 1.58 bits per heavy atom. The topological polar surface area (TPSA) is 92.9 Å². The summed E-state index contributed by atoms with van der Waals surface area (Å²) in [7, 11) is 1.69. The van der Waals surface area contributed by atoms with Crippen LogP contribution in [0, 0.1) is 10.1 Å². The monoisotopic (exact) mass is 266 g/mol. The van der Waals surface area contributed by atoms with Crippen molar-refractivity contribution in [2.45, 2.75) is 19.1 Å². The van der Waals surface area contributed by atoms with E-state index in [1.165, 1.54) is 18.2 Å². The number of benzene rings is 1. The van der Waals surface area contributed by atoms with Crippen molar-refractivity contribution in [3.63, 3.8) is 0 Å². The Kier molecular flexibility index (Phi) is 3.66. The molecule has 1 atom stereocenters. The predicted molar refractivity (Wildman–Crippen MR) is 65.7 cm³/mol. The fourth-order valence-corrected chi connectivity index (χ4v) is 1.97. The van der Waals surface area contributed by atoms with E-state index in [-0.39, 0.29) is 18.2 Å². The van der Waals surface area contributed by atoms with Crippen LogP contribution in [0.1, 0.15) is 12.0 Å². The van der Waals surface area contributed by atoms with E-state index >= 15 is 0 Å². The van der Waals surface area contributed by atoms with Gasteiger partial charge < -0.3 is 14.7 Å². The van der Waals surface area contributed by atoms with Crippen LogP contribution in [0.4, 0.5) is 5.69 Å². The number of nitro benzene ring substituents is 1. The average molecular weight is 266 g/mol. The Labute approximate surface area is 109 Å². The van der Waals surface area contributed by atoms with Crippen molar-refractivity contribution in [2.75, 3.05) is 13.6 Å². The van der Waals surface area contributed by atoms with Gasteiger partial charge in [0.1, 0.15) is 5.75 Å². The molecule has 0 saturated carbocycles. The van der Waals surface area contributed by atoms with Crippen LogP contribution in [0.2, 0.25) is 0 Å². The lowest BCUT2D eigenvalue weighted by molar-refractivity contribution is -0.385. The number of hydrogen-bond acceptors (Lipinski definition) is 5. The summed E-state index contributed by atoms with van der Waals surface area (Å²) >= 11 is 0. The summed E-state index contributed by atoms with van der Waals surface area (Å²) in [4.78, 5) is 23.4. The Bertz CT molecular complexity index is 517. The van der Waals surface area contributed by atoms with E-state index in [4.69, 9.17) is 4.74 Å². The smallest absolute Gasteiger partial charge is 0.270 e. The Morgan fingerprint density at radius 3 is 2.84 bits per heavy atom. The predicted octanol–water partition coefficient (Wildman–Crippen LogP) is 0.697. The van der Waals surface area contributed by atoms with Gasteiger partial charge in [0.25, 0.3) is 11.6 Å². The number of aliphatic hydroxyl groups excluding tert-OH is 1. The quantitative estimate of drug-likeness (QED) is 0.639. The molecular weight excluding hydrogens is 252 g/mol. The minimum absolute atomic E-state index is 0.119. The van der Waals surface area contributed by atoms with Crippen LogP contribution < -0.4 is 4.74 Å². The first-order chi connectivity index (χ1) is 9.02. The standard InChI is InChI=1S/C12H14N2O5/c1-13-5-4-11(12(13)16)19-10-3-2-9(14(17)18)6-8(10)7-15/h2-3,6,11,15H,4-5,7H2,1H3. The maximum atomic E-state index is 11.7. The average Bonchev–Trinajstić information content (AvgIpc) is 2.71. The fraction of sp³-hybridized carbons (Fsp3) is 0.417. The summed E-state index contributed by atoms with van der Waals surface area (Å²) < 4.78 is 5.54. The van der Waals surface area contributed by atoms with Gasteiger partial charge >= 0.3 is 0 Å². The molecule has 0 bridgehead atoms. The number of rotatable bonds is 4. The zero-order chi connectivity index (χ0) is 14.0. The van der Waals surface area contributed by atoms with Gasteiger partial charge in [-0.15, -0.1) is 0 Å². The second kappa shape index (κ2) is 5.23. The maximum absolute atomic E-state index is 11.7. The van der Waals surface area contributed by atoms with E-state index in [0.29, 0.717) is 24.3 Å². The molecule has 1 aromatic rings. The molecule has 1 N–H and O–H groups in total. The zero-order valence-electron chi connectivity index (χ0n) is 10.4. The number of nitrogens with zero attached hydrogens (tertiary/aromatic N) is 2. The first-order valence-corrected chi connectivity index (χ1v) is 5.82. The molecule has 7 heteroatoms. The molecule has 0 aromatic heterocycles. The van der Waals surface area contributed by atoms with E-state index in [2.05, 4.69) is 0 Å². The molecular formula is C12H14N2O5. The first kappa shape index (κ1) is 13.3. The third-order valence-electron chi connectivity index (χ3n) is 3.07. The van der Waals surface area contributed by atoms with Crippen LogP contribution >= 0.6 is 0 Å². The summed E-state index contributed by atoms with van der Waals surface area (Å²) in [5.74, 6) is 0.184. The summed E-state index contributed by atoms with van der Waals surface area (Å²) in [5.41, 5.74) is 0.183. The molecule has 102 valence electrons. The second-order valence-electron chi connectivity index (χ2n) is 4.36. The highest BCUT2D eigenvalue weighted by atomic mass is 16.6. The van der Waals surface area contributed by atoms with E-state index in [1.54, 1.807) is 11.9 Å². The number of hydrogen-bond donors (Lipinski definition) is 1. The molecule has 1 amide bonds. The van der Waals surface area contributed by atoms with Crippen molar-refractivity contribution in [1.82, 2.24) is 4.90 Å². The van der Waals surface area contributed by atoms with Gasteiger partial charge in [-0.2, -0.15) is 0 Å². The third-order valence-corrected chi connectivity index (χ3v) is 3.07. The Morgan fingerprint density at radius 2 is 2.32 bits per heavy atom. The van der Waals surface area contributed by atoms with Crippen LogP contribution in [0.25, 0.3) is 0 Å². The van der Waals surface area contributed by atoms with Crippen molar-refractivity contribution < 1.29 is 19.6 Å². The lowest BCUT2D eigenvalue weighted by atomic mass is 10.2. The summed E-state index contributed by atoms with van der Waals surface area (Å²) in [5, 5.41) is 19.9. The molecule has 1 unspecified atom stereocenters. The fourth-order valence-electron chi connectivity index (χ4n) is 1.97. The van der Waals surface area contributed by atoms with E-state index < -0.39 is 11.0 Å². The molecule has 1 fully saturated rings. The van der Waals surface area contributed by atoms with Crippen LogP contribution in [0.3, 0.4) is 0 Å². The van der Waals surface area contributed by atoms with Crippen LogP contribution in [0.5, 0.6) is 5.75 Å².